The van der Waals surface area contributed by atoms with Crippen LogP contribution in [-0.4, -0.2) is 11.4 Å². The van der Waals surface area contributed by atoms with E-state index in [1.54, 1.807) is 0 Å². The van der Waals surface area contributed by atoms with Crippen molar-refractivity contribution in [3.05, 3.63) is 46.1 Å². The van der Waals surface area contributed by atoms with Gasteiger partial charge in [0, 0.05) is 4.47 Å². The third kappa shape index (κ3) is 2.70. The first-order chi connectivity index (χ1) is 7.78. The van der Waals surface area contributed by atoms with E-state index in [0.717, 1.165) is 10.0 Å². The van der Waals surface area contributed by atoms with Crippen molar-refractivity contribution in [1.29, 1.82) is 0 Å². The van der Waals surface area contributed by atoms with Crippen LogP contribution in [0.1, 0.15) is 16.1 Å². The number of hydrogen-bond donors (Lipinski definition) is 0. The van der Waals surface area contributed by atoms with Gasteiger partial charge in [-0.1, -0.05) is 28.1 Å². The molecule has 4 nitrogen and oxygen atoms in total. The summed E-state index contributed by atoms with van der Waals surface area (Å²) in [4.78, 5) is 10.3. The van der Waals surface area contributed by atoms with Crippen LogP contribution in [0.15, 0.2) is 39.3 Å². The first-order valence-electron chi connectivity index (χ1n) is 4.57. The van der Waals surface area contributed by atoms with E-state index in [-0.39, 0.29) is 5.76 Å². The molecule has 0 amide bonds. The molecule has 82 valence electrons. The van der Waals surface area contributed by atoms with Crippen molar-refractivity contribution in [3.8, 4) is 5.88 Å². The fourth-order valence-electron chi connectivity index (χ4n) is 1.18. The maximum Gasteiger partial charge on any atom is 0.255 e. The van der Waals surface area contributed by atoms with Crippen LogP contribution >= 0.6 is 15.9 Å². The fourth-order valence-corrected chi connectivity index (χ4v) is 1.63. The number of benzene rings is 1. The molecule has 0 saturated carbocycles. The molecule has 1 aromatic heterocycles. The van der Waals surface area contributed by atoms with Crippen molar-refractivity contribution in [3.63, 3.8) is 0 Å². The first kappa shape index (κ1) is 10.9. The van der Waals surface area contributed by atoms with Gasteiger partial charge in [0.1, 0.15) is 6.61 Å². The lowest BCUT2D eigenvalue weighted by Gasteiger charge is -2.02. The number of aromatic nitrogens is 1. The van der Waals surface area contributed by atoms with Gasteiger partial charge < -0.3 is 9.26 Å². The van der Waals surface area contributed by atoms with Gasteiger partial charge in [-0.15, -0.1) is 0 Å². The summed E-state index contributed by atoms with van der Waals surface area (Å²) < 4.78 is 11.0. The van der Waals surface area contributed by atoms with Crippen molar-refractivity contribution in [2.75, 3.05) is 0 Å². The molecule has 16 heavy (non-hydrogen) atoms. The summed E-state index contributed by atoms with van der Waals surface area (Å²) in [5.74, 6) is 0.464. The van der Waals surface area contributed by atoms with Gasteiger partial charge in [-0.05, 0) is 22.9 Å². The predicted molar refractivity (Wildman–Crippen MR) is 60.4 cm³/mol. The molecule has 0 aliphatic rings. The Balaban J connectivity index is 1.99. The van der Waals surface area contributed by atoms with Crippen molar-refractivity contribution in [1.82, 2.24) is 5.16 Å². The highest BCUT2D eigenvalue weighted by Crippen LogP contribution is 2.15. The molecule has 0 unspecified atom stereocenters. The Labute approximate surface area is 100 Å². The Morgan fingerprint density at radius 3 is 3.00 bits per heavy atom. The average molecular weight is 282 g/mol. The topological polar surface area (TPSA) is 52.3 Å². The molecule has 0 fully saturated rings. The molecule has 5 heteroatoms. The zero-order chi connectivity index (χ0) is 11.4. The smallest absolute Gasteiger partial charge is 0.255 e. The van der Waals surface area contributed by atoms with Crippen molar-refractivity contribution in [2.24, 2.45) is 0 Å². The monoisotopic (exact) mass is 281 g/mol. The van der Waals surface area contributed by atoms with Gasteiger partial charge >= 0.3 is 0 Å². The predicted octanol–water partition coefficient (Wildman–Crippen LogP) is 2.83. The molecular weight excluding hydrogens is 274 g/mol. The summed E-state index contributed by atoms with van der Waals surface area (Å²) in [6.07, 6.45) is 0.582. The van der Waals surface area contributed by atoms with E-state index in [0.29, 0.717) is 18.8 Å². The third-order valence-corrected chi connectivity index (χ3v) is 2.39. The minimum Gasteiger partial charge on any atom is -0.471 e. The van der Waals surface area contributed by atoms with E-state index >= 15 is 0 Å². The number of ether oxygens (including phenoxy) is 1. The summed E-state index contributed by atoms with van der Waals surface area (Å²) in [6, 6.07) is 9.18. The number of carbonyl (C=O) groups is 1. The zero-order valence-corrected chi connectivity index (χ0v) is 9.81. The lowest BCUT2D eigenvalue weighted by Crippen LogP contribution is -1.95. The van der Waals surface area contributed by atoms with Gasteiger partial charge in [0.15, 0.2) is 6.29 Å². The Kier molecular flexibility index (Phi) is 3.36. The SMILES string of the molecule is O=Cc1cc(OCc2cccc(Br)c2)no1. The van der Waals surface area contributed by atoms with Crippen LogP contribution < -0.4 is 4.74 Å². The largest absolute Gasteiger partial charge is 0.471 e. The lowest BCUT2D eigenvalue weighted by molar-refractivity contribution is 0.109. The fraction of sp³-hybridized carbons (Fsp3) is 0.0909. The Bertz CT molecular complexity index is 495. The van der Waals surface area contributed by atoms with Gasteiger partial charge in [0.05, 0.1) is 6.07 Å². The Hall–Kier alpha value is -1.62. The number of hydrogen-bond acceptors (Lipinski definition) is 4. The van der Waals surface area contributed by atoms with Gasteiger partial charge in [-0.2, -0.15) is 0 Å². The zero-order valence-electron chi connectivity index (χ0n) is 8.22. The molecule has 0 N–H and O–H groups in total. The van der Waals surface area contributed by atoms with Gasteiger partial charge in [-0.25, -0.2) is 0 Å². The molecule has 0 aliphatic heterocycles. The normalized spacial score (nSPS) is 10.1. The van der Waals surface area contributed by atoms with E-state index < -0.39 is 0 Å². The standard InChI is InChI=1S/C11H8BrNO3/c12-9-3-1-2-8(4-9)7-15-11-5-10(6-14)16-13-11/h1-6H,7H2. The second-order valence-electron chi connectivity index (χ2n) is 3.10. The van der Waals surface area contributed by atoms with Crippen LogP contribution in [0.5, 0.6) is 5.88 Å². The van der Waals surface area contributed by atoms with Crippen LogP contribution in [0, 0.1) is 0 Å². The van der Waals surface area contributed by atoms with E-state index in [1.807, 2.05) is 24.3 Å². The third-order valence-electron chi connectivity index (χ3n) is 1.90. The summed E-state index contributed by atoms with van der Waals surface area (Å²) in [5, 5.41) is 3.58. The maximum atomic E-state index is 10.3. The molecule has 0 bridgehead atoms. The number of aldehydes is 1. The van der Waals surface area contributed by atoms with Crippen molar-refractivity contribution >= 4 is 22.2 Å². The molecule has 0 spiro atoms. The highest BCUT2D eigenvalue weighted by Gasteiger charge is 2.03. The van der Waals surface area contributed by atoms with Crippen LogP contribution in [-0.2, 0) is 6.61 Å². The summed E-state index contributed by atoms with van der Waals surface area (Å²) in [5.41, 5.74) is 1.00. The highest BCUT2D eigenvalue weighted by atomic mass is 79.9. The summed E-state index contributed by atoms with van der Waals surface area (Å²) in [7, 11) is 0. The Morgan fingerprint density at radius 2 is 2.31 bits per heavy atom. The highest BCUT2D eigenvalue weighted by molar-refractivity contribution is 9.10. The number of carbonyl (C=O) groups excluding carboxylic acids is 1. The molecule has 0 atom stereocenters. The number of nitrogens with zero attached hydrogens (tertiary/aromatic N) is 1. The van der Waals surface area contributed by atoms with E-state index in [9.17, 15) is 4.79 Å². The van der Waals surface area contributed by atoms with Gasteiger partial charge in [-0.3, -0.25) is 4.79 Å². The second-order valence-corrected chi connectivity index (χ2v) is 4.02. The molecule has 0 aliphatic carbocycles. The number of halogens is 1. The van der Waals surface area contributed by atoms with Gasteiger partial charge in [0.25, 0.3) is 5.88 Å². The van der Waals surface area contributed by atoms with E-state index in [4.69, 9.17) is 4.74 Å². The molecule has 0 saturated heterocycles. The molecule has 2 aromatic rings. The number of rotatable bonds is 4. The summed E-state index contributed by atoms with van der Waals surface area (Å²) >= 11 is 3.37. The second kappa shape index (κ2) is 4.94. The summed E-state index contributed by atoms with van der Waals surface area (Å²) in [6.45, 7) is 0.379. The molecule has 2 rings (SSSR count). The van der Waals surface area contributed by atoms with E-state index in [1.165, 1.54) is 6.07 Å². The van der Waals surface area contributed by atoms with Crippen LogP contribution in [0.4, 0.5) is 0 Å². The van der Waals surface area contributed by atoms with Crippen LogP contribution in [0.25, 0.3) is 0 Å². The lowest BCUT2D eigenvalue weighted by atomic mass is 10.2. The molecular formula is C11H8BrNO3. The first-order valence-corrected chi connectivity index (χ1v) is 5.36. The van der Waals surface area contributed by atoms with Gasteiger partial charge in [0.2, 0.25) is 5.76 Å². The van der Waals surface area contributed by atoms with Crippen molar-refractivity contribution < 1.29 is 14.1 Å². The molecule has 1 heterocycles. The van der Waals surface area contributed by atoms with Crippen LogP contribution in [0.2, 0.25) is 0 Å². The van der Waals surface area contributed by atoms with Crippen LogP contribution in [0.3, 0.4) is 0 Å². The minimum absolute atomic E-state index is 0.157. The van der Waals surface area contributed by atoms with E-state index in [2.05, 4.69) is 25.6 Å². The molecule has 0 radical (unpaired) electrons. The quantitative estimate of drug-likeness (QED) is 0.809. The van der Waals surface area contributed by atoms with Crippen molar-refractivity contribution in [2.45, 2.75) is 6.61 Å². The molecule has 1 aromatic carbocycles. The average Bonchev–Trinajstić information content (AvgIpc) is 2.74. The maximum absolute atomic E-state index is 10.3. The Morgan fingerprint density at radius 1 is 1.44 bits per heavy atom. The minimum atomic E-state index is 0.157.